The highest BCUT2D eigenvalue weighted by molar-refractivity contribution is 5.42. The lowest BCUT2D eigenvalue weighted by Crippen LogP contribution is -2.44. The van der Waals surface area contributed by atoms with Crippen LogP contribution in [0.15, 0.2) is 18.2 Å². The van der Waals surface area contributed by atoms with Crippen molar-refractivity contribution in [3.8, 4) is 11.5 Å². The molecule has 0 aliphatic heterocycles. The van der Waals surface area contributed by atoms with E-state index in [1.54, 1.807) is 14.2 Å². The molecule has 1 atom stereocenters. The minimum absolute atomic E-state index is 0.254. The number of hydrogen-bond donors (Lipinski definition) is 1. The maximum absolute atomic E-state index is 9.79. The molecule has 0 aliphatic rings. The molecule has 0 heterocycles. The van der Waals surface area contributed by atoms with Gasteiger partial charge in [0.25, 0.3) is 0 Å². The van der Waals surface area contributed by atoms with Crippen molar-refractivity contribution >= 4 is 0 Å². The first-order valence-electron chi connectivity index (χ1n) is 6.63. The number of quaternary nitrogens is 1. The molecule has 1 aromatic carbocycles. The van der Waals surface area contributed by atoms with Gasteiger partial charge in [-0.15, -0.1) is 0 Å². The van der Waals surface area contributed by atoms with Crippen LogP contribution in [0.5, 0.6) is 11.5 Å². The molecule has 0 aromatic heterocycles. The smallest absolute Gasteiger partial charge is 0.161 e. The van der Waals surface area contributed by atoms with Gasteiger partial charge in [-0.05, 0) is 24.6 Å². The Balaban J connectivity index is 2.81. The van der Waals surface area contributed by atoms with Crippen LogP contribution in [0.3, 0.4) is 0 Å². The van der Waals surface area contributed by atoms with E-state index in [0.717, 1.165) is 35.5 Å². The maximum atomic E-state index is 9.79. The molecule has 4 nitrogen and oxygen atoms in total. The van der Waals surface area contributed by atoms with Crippen LogP contribution in [0.4, 0.5) is 0 Å². The fourth-order valence-electron chi connectivity index (χ4n) is 2.24. The summed E-state index contributed by atoms with van der Waals surface area (Å²) in [4.78, 5) is 0. The number of aliphatic hydroxyl groups is 1. The van der Waals surface area contributed by atoms with Gasteiger partial charge in [-0.25, -0.2) is 0 Å². The quantitative estimate of drug-likeness (QED) is 0.769. The second-order valence-electron chi connectivity index (χ2n) is 5.53. The summed E-state index contributed by atoms with van der Waals surface area (Å²) in [5.74, 6) is 1.49. The molecule has 0 aliphatic carbocycles. The summed E-state index contributed by atoms with van der Waals surface area (Å²) in [6.07, 6.45) is 0.531. The van der Waals surface area contributed by atoms with Crippen molar-refractivity contribution in [3.05, 3.63) is 23.8 Å². The lowest BCUT2D eigenvalue weighted by Gasteiger charge is -2.31. The van der Waals surface area contributed by atoms with Crippen LogP contribution in [-0.4, -0.2) is 50.6 Å². The Bertz CT molecular complexity index is 404. The molecule has 0 spiro atoms. The molecule has 1 N–H and O–H groups in total. The van der Waals surface area contributed by atoms with Gasteiger partial charge in [0, 0.05) is 5.56 Å². The molecule has 0 amide bonds. The van der Waals surface area contributed by atoms with Gasteiger partial charge in [-0.2, -0.15) is 0 Å². The molecule has 0 bridgehead atoms. The molecule has 108 valence electrons. The van der Waals surface area contributed by atoms with Crippen molar-refractivity contribution in [1.29, 1.82) is 0 Å². The molecule has 0 radical (unpaired) electrons. The van der Waals surface area contributed by atoms with Crippen molar-refractivity contribution in [2.75, 3.05) is 34.9 Å². The Labute approximate surface area is 116 Å². The molecule has 1 unspecified atom stereocenters. The lowest BCUT2D eigenvalue weighted by atomic mass is 10.1. The molecular formula is C15H26NO3+. The van der Waals surface area contributed by atoms with Crippen LogP contribution < -0.4 is 9.47 Å². The summed E-state index contributed by atoms with van der Waals surface area (Å²) < 4.78 is 11.3. The summed E-state index contributed by atoms with van der Waals surface area (Å²) in [6, 6.07) is 5.96. The molecule has 0 saturated heterocycles. The van der Waals surface area contributed by atoms with Gasteiger partial charge in [0.2, 0.25) is 0 Å². The predicted octanol–water partition coefficient (Wildman–Crippen LogP) is 2.05. The van der Waals surface area contributed by atoms with E-state index in [0.29, 0.717) is 0 Å². The molecule has 0 saturated carbocycles. The second-order valence-corrected chi connectivity index (χ2v) is 5.53. The molecule has 1 rings (SSSR count). The fraction of sp³-hybridized carbons (Fsp3) is 0.600. The van der Waals surface area contributed by atoms with Gasteiger partial charge < -0.3 is 19.1 Å². The number of methoxy groups -OCH3 is 2. The fourth-order valence-corrected chi connectivity index (χ4v) is 2.24. The van der Waals surface area contributed by atoms with E-state index < -0.39 is 0 Å². The van der Waals surface area contributed by atoms with E-state index in [1.165, 1.54) is 5.56 Å². The number of ether oxygens (including phenoxy) is 2. The highest BCUT2D eigenvalue weighted by Crippen LogP contribution is 2.28. The Hall–Kier alpha value is -1.26. The maximum Gasteiger partial charge on any atom is 0.161 e. The Morgan fingerprint density at radius 3 is 2.32 bits per heavy atom. The highest BCUT2D eigenvalue weighted by Gasteiger charge is 2.20. The summed E-state index contributed by atoms with van der Waals surface area (Å²) in [7, 11) is 7.52. The third-order valence-corrected chi connectivity index (χ3v) is 3.23. The van der Waals surface area contributed by atoms with Crippen LogP contribution in [0.25, 0.3) is 0 Å². The van der Waals surface area contributed by atoms with Gasteiger partial charge in [0.1, 0.15) is 19.2 Å². The number of nitrogens with zero attached hydrogens (tertiary/aromatic N) is 1. The van der Waals surface area contributed by atoms with Crippen molar-refractivity contribution in [1.82, 2.24) is 0 Å². The Kier molecular flexibility index (Phi) is 5.63. The third-order valence-electron chi connectivity index (χ3n) is 3.23. The van der Waals surface area contributed by atoms with Crippen LogP contribution in [0.2, 0.25) is 0 Å². The van der Waals surface area contributed by atoms with Gasteiger partial charge in [0.15, 0.2) is 11.5 Å². The van der Waals surface area contributed by atoms with E-state index in [4.69, 9.17) is 9.47 Å². The molecular weight excluding hydrogens is 242 g/mol. The van der Waals surface area contributed by atoms with Crippen LogP contribution >= 0.6 is 0 Å². The standard InChI is InChI=1S/C15H26NO3/c1-6-13(17)11-16(2,3)10-12-7-8-14(18-4)15(9-12)19-5/h7-9,13,17H,6,10-11H2,1-5H3/q+1. The van der Waals surface area contributed by atoms with E-state index >= 15 is 0 Å². The monoisotopic (exact) mass is 268 g/mol. The number of likely N-dealkylation sites (N-methyl/N-ethyl adjacent to an activating group) is 1. The van der Waals surface area contributed by atoms with Gasteiger partial charge in [-0.1, -0.05) is 6.92 Å². The molecule has 1 aromatic rings. The van der Waals surface area contributed by atoms with E-state index in [2.05, 4.69) is 14.1 Å². The largest absolute Gasteiger partial charge is 0.493 e. The van der Waals surface area contributed by atoms with Crippen LogP contribution in [0, 0.1) is 0 Å². The van der Waals surface area contributed by atoms with Crippen LogP contribution in [0.1, 0.15) is 18.9 Å². The summed E-state index contributed by atoms with van der Waals surface area (Å²) in [5, 5.41) is 9.79. The molecule has 0 fully saturated rings. The first-order chi connectivity index (χ1) is 8.91. The SMILES string of the molecule is CCC(O)C[N+](C)(C)Cc1ccc(OC)c(OC)c1. The van der Waals surface area contributed by atoms with Gasteiger partial charge >= 0.3 is 0 Å². The summed E-state index contributed by atoms with van der Waals surface area (Å²) in [6.45, 7) is 3.59. The van der Waals surface area contributed by atoms with E-state index in [9.17, 15) is 5.11 Å². The lowest BCUT2D eigenvalue weighted by molar-refractivity contribution is -0.906. The first kappa shape index (κ1) is 15.8. The van der Waals surface area contributed by atoms with Gasteiger partial charge in [-0.3, -0.25) is 0 Å². The van der Waals surface area contributed by atoms with Crippen LogP contribution in [-0.2, 0) is 6.54 Å². The average Bonchev–Trinajstić information content (AvgIpc) is 2.37. The normalized spacial score (nSPS) is 13.2. The topological polar surface area (TPSA) is 38.7 Å². The minimum Gasteiger partial charge on any atom is -0.493 e. The number of rotatable bonds is 7. The average molecular weight is 268 g/mol. The number of aliphatic hydroxyl groups excluding tert-OH is 1. The first-order valence-corrected chi connectivity index (χ1v) is 6.63. The van der Waals surface area contributed by atoms with Crippen molar-refractivity contribution in [2.24, 2.45) is 0 Å². The minimum atomic E-state index is -0.254. The number of benzene rings is 1. The second kappa shape index (κ2) is 6.78. The molecule has 4 heteroatoms. The zero-order valence-corrected chi connectivity index (χ0v) is 12.6. The zero-order valence-electron chi connectivity index (χ0n) is 12.6. The third kappa shape index (κ3) is 4.73. The van der Waals surface area contributed by atoms with E-state index in [1.807, 2.05) is 25.1 Å². The zero-order chi connectivity index (χ0) is 14.5. The van der Waals surface area contributed by atoms with Gasteiger partial charge in [0.05, 0.1) is 28.3 Å². The van der Waals surface area contributed by atoms with Crippen molar-refractivity contribution in [3.63, 3.8) is 0 Å². The Morgan fingerprint density at radius 2 is 1.79 bits per heavy atom. The summed E-state index contributed by atoms with van der Waals surface area (Å²) in [5.41, 5.74) is 1.17. The molecule has 19 heavy (non-hydrogen) atoms. The van der Waals surface area contributed by atoms with E-state index in [-0.39, 0.29) is 6.10 Å². The van der Waals surface area contributed by atoms with Crippen molar-refractivity contribution < 1.29 is 19.1 Å². The van der Waals surface area contributed by atoms with Crippen molar-refractivity contribution in [2.45, 2.75) is 26.0 Å². The summed E-state index contributed by atoms with van der Waals surface area (Å²) >= 11 is 0. The highest BCUT2D eigenvalue weighted by atomic mass is 16.5. The Morgan fingerprint density at radius 1 is 1.16 bits per heavy atom. The predicted molar refractivity (Wildman–Crippen MR) is 76.5 cm³/mol. The number of hydrogen-bond acceptors (Lipinski definition) is 3.